The lowest BCUT2D eigenvalue weighted by atomic mass is 10.2. The lowest BCUT2D eigenvalue weighted by Gasteiger charge is -2.09. The van der Waals surface area contributed by atoms with Gasteiger partial charge >= 0.3 is 12.2 Å². The van der Waals surface area contributed by atoms with Crippen LogP contribution in [0.15, 0.2) is 48.5 Å². The standard InChI is InChI=1S/C19H15ClF3N3O2/c1-11-8-14(20)6-7-16(11)24-18(27)26-12(2)9-17(25-26)28-15-5-3-4-13(10-15)19(21,22)23/h3-10H,1-2H3,(H,24,27). The maximum absolute atomic E-state index is 12.8. The molecule has 1 heterocycles. The summed E-state index contributed by atoms with van der Waals surface area (Å²) in [4.78, 5) is 12.5. The number of anilines is 1. The van der Waals surface area contributed by atoms with Gasteiger partial charge in [0.2, 0.25) is 5.88 Å². The molecule has 2 aromatic carbocycles. The van der Waals surface area contributed by atoms with E-state index in [4.69, 9.17) is 16.3 Å². The predicted molar refractivity (Wildman–Crippen MR) is 99.1 cm³/mol. The smallest absolute Gasteiger partial charge is 0.416 e. The van der Waals surface area contributed by atoms with E-state index in [0.717, 1.165) is 22.4 Å². The molecule has 1 N–H and O–H groups in total. The van der Waals surface area contributed by atoms with Gasteiger partial charge in [0.25, 0.3) is 0 Å². The fourth-order valence-corrected chi connectivity index (χ4v) is 2.72. The number of rotatable bonds is 3. The van der Waals surface area contributed by atoms with Gasteiger partial charge in [-0.25, -0.2) is 4.79 Å². The molecule has 0 unspecified atom stereocenters. The summed E-state index contributed by atoms with van der Waals surface area (Å²) in [6, 6.07) is 10.3. The van der Waals surface area contributed by atoms with E-state index in [0.29, 0.717) is 16.4 Å². The Kier molecular flexibility index (Phi) is 5.33. The molecule has 1 amide bonds. The Morgan fingerprint density at radius 3 is 2.57 bits per heavy atom. The predicted octanol–water partition coefficient (Wildman–Crippen LogP) is 6.04. The van der Waals surface area contributed by atoms with Crippen LogP contribution in [0, 0.1) is 13.8 Å². The zero-order valence-corrected chi connectivity index (χ0v) is 15.6. The van der Waals surface area contributed by atoms with E-state index in [9.17, 15) is 18.0 Å². The first-order valence-corrected chi connectivity index (χ1v) is 8.50. The minimum atomic E-state index is -4.48. The van der Waals surface area contributed by atoms with Crippen LogP contribution in [0.25, 0.3) is 0 Å². The first-order chi connectivity index (χ1) is 13.1. The van der Waals surface area contributed by atoms with Crippen molar-refractivity contribution in [3.8, 4) is 11.6 Å². The van der Waals surface area contributed by atoms with Crippen LogP contribution >= 0.6 is 11.6 Å². The van der Waals surface area contributed by atoms with Crippen LogP contribution in [0.3, 0.4) is 0 Å². The lowest BCUT2D eigenvalue weighted by molar-refractivity contribution is -0.137. The number of aromatic nitrogens is 2. The first-order valence-electron chi connectivity index (χ1n) is 8.13. The molecule has 3 rings (SSSR count). The van der Waals surface area contributed by atoms with Gasteiger partial charge in [-0.3, -0.25) is 0 Å². The molecule has 0 saturated carbocycles. The fraction of sp³-hybridized carbons (Fsp3) is 0.158. The Balaban J connectivity index is 1.78. The summed E-state index contributed by atoms with van der Waals surface area (Å²) in [7, 11) is 0. The molecule has 1 aromatic heterocycles. The summed E-state index contributed by atoms with van der Waals surface area (Å²) in [6.07, 6.45) is -4.48. The summed E-state index contributed by atoms with van der Waals surface area (Å²) in [6.45, 7) is 3.42. The maximum Gasteiger partial charge on any atom is 0.416 e. The number of hydrogen-bond donors (Lipinski definition) is 1. The lowest BCUT2D eigenvalue weighted by Crippen LogP contribution is -2.22. The Morgan fingerprint density at radius 1 is 1.14 bits per heavy atom. The molecule has 0 aliphatic rings. The fourth-order valence-electron chi connectivity index (χ4n) is 2.49. The molecule has 0 saturated heterocycles. The molecule has 28 heavy (non-hydrogen) atoms. The Bertz CT molecular complexity index is 1030. The van der Waals surface area contributed by atoms with Gasteiger partial charge in [-0.15, -0.1) is 5.10 Å². The third-order valence-corrected chi connectivity index (χ3v) is 4.11. The molecule has 0 radical (unpaired) electrons. The molecular formula is C19H15ClF3N3O2. The SMILES string of the molecule is Cc1cc(Cl)ccc1NC(=O)n1nc(Oc2cccc(C(F)(F)F)c2)cc1C. The number of nitrogens with zero attached hydrogens (tertiary/aromatic N) is 2. The third-order valence-electron chi connectivity index (χ3n) is 3.87. The quantitative estimate of drug-likeness (QED) is 0.573. The van der Waals surface area contributed by atoms with E-state index in [1.165, 1.54) is 18.2 Å². The molecule has 0 spiro atoms. The molecule has 146 valence electrons. The monoisotopic (exact) mass is 409 g/mol. The number of carbonyl (C=O) groups excluding carboxylic acids is 1. The Labute approximate surface area is 163 Å². The second kappa shape index (κ2) is 7.55. The van der Waals surface area contributed by atoms with Crippen molar-refractivity contribution in [2.45, 2.75) is 20.0 Å². The summed E-state index contributed by atoms with van der Waals surface area (Å²) < 4.78 is 44.9. The number of ether oxygens (including phenoxy) is 1. The average Bonchev–Trinajstić information content (AvgIpc) is 2.97. The number of hydrogen-bond acceptors (Lipinski definition) is 3. The van der Waals surface area contributed by atoms with Crippen LogP contribution in [0.4, 0.5) is 23.7 Å². The van der Waals surface area contributed by atoms with Crippen molar-refractivity contribution in [2.24, 2.45) is 0 Å². The van der Waals surface area contributed by atoms with Gasteiger partial charge in [0.05, 0.1) is 11.3 Å². The highest BCUT2D eigenvalue weighted by Crippen LogP contribution is 2.32. The third kappa shape index (κ3) is 4.45. The van der Waals surface area contributed by atoms with Crippen LogP contribution in [0.2, 0.25) is 5.02 Å². The minimum Gasteiger partial charge on any atom is -0.438 e. The first kappa shape index (κ1) is 19.8. The molecule has 3 aromatic rings. The van der Waals surface area contributed by atoms with Crippen molar-refractivity contribution in [3.63, 3.8) is 0 Å². The van der Waals surface area contributed by atoms with Crippen LogP contribution < -0.4 is 10.1 Å². The Morgan fingerprint density at radius 2 is 1.89 bits per heavy atom. The second-order valence-electron chi connectivity index (χ2n) is 6.05. The zero-order chi connectivity index (χ0) is 20.5. The second-order valence-corrected chi connectivity index (χ2v) is 6.49. The molecule has 0 atom stereocenters. The van der Waals surface area contributed by atoms with E-state index in [2.05, 4.69) is 10.4 Å². The number of nitrogens with one attached hydrogen (secondary N) is 1. The van der Waals surface area contributed by atoms with Crippen LogP contribution in [0.1, 0.15) is 16.8 Å². The molecule has 0 aliphatic carbocycles. The summed E-state index contributed by atoms with van der Waals surface area (Å²) in [5, 5.41) is 7.26. The van der Waals surface area contributed by atoms with E-state index in [1.807, 2.05) is 0 Å². The van der Waals surface area contributed by atoms with Crippen LogP contribution in [0.5, 0.6) is 11.6 Å². The van der Waals surface area contributed by atoms with Gasteiger partial charge in [0.1, 0.15) is 5.75 Å². The zero-order valence-electron chi connectivity index (χ0n) is 14.8. The number of aryl methyl sites for hydroxylation is 2. The number of benzene rings is 2. The Hall–Kier alpha value is -3.00. The average molecular weight is 410 g/mol. The van der Waals surface area contributed by atoms with Crippen molar-refractivity contribution in [1.29, 1.82) is 0 Å². The van der Waals surface area contributed by atoms with Crippen LogP contribution in [-0.4, -0.2) is 15.8 Å². The van der Waals surface area contributed by atoms with Gasteiger partial charge in [-0.05, 0) is 55.8 Å². The van der Waals surface area contributed by atoms with Gasteiger partial charge in [-0.2, -0.15) is 17.9 Å². The molecule has 0 aliphatic heterocycles. The highest BCUT2D eigenvalue weighted by molar-refractivity contribution is 6.30. The van der Waals surface area contributed by atoms with E-state index < -0.39 is 17.8 Å². The van der Waals surface area contributed by atoms with Gasteiger partial charge in [0.15, 0.2) is 0 Å². The van der Waals surface area contributed by atoms with Crippen LogP contribution in [-0.2, 0) is 6.18 Å². The van der Waals surface area contributed by atoms with E-state index in [1.54, 1.807) is 32.0 Å². The van der Waals surface area contributed by atoms with E-state index >= 15 is 0 Å². The van der Waals surface area contributed by atoms with Gasteiger partial charge in [-0.1, -0.05) is 17.7 Å². The molecule has 0 fully saturated rings. The maximum atomic E-state index is 12.8. The van der Waals surface area contributed by atoms with Gasteiger partial charge < -0.3 is 10.1 Å². The highest BCUT2D eigenvalue weighted by Gasteiger charge is 2.30. The van der Waals surface area contributed by atoms with E-state index in [-0.39, 0.29) is 11.6 Å². The van der Waals surface area contributed by atoms with Gasteiger partial charge in [0, 0.05) is 16.8 Å². The molecular weight excluding hydrogens is 395 g/mol. The normalized spacial score (nSPS) is 11.4. The van der Waals surface area contributed by atoms with Crippen molar-refractivity contribution in [3.05, 3.63) is 70.4 Å². The highest BCUT2D eigenvalue weighted by atomic mass is 35.5. The van der Waals surface area contributed by atoms with Crippen molar-refractivity contribution in [2.75, 3.05) is 5.32 Å². The number of amides is 1. The van der Waals surface area contributed by atoms with Crippen molar-refractivity contribution < 1.29 is 22.7 Å². The largest absolute Gasteiger partial charge is 0.438 e. The summed E-state index contributed by atoms with van der Waals surface area (Å²) in [5.74, 6) is -0.0340. The molecule has 5 nitrogen and oxygen atoms in total. The minimum absolute atomic E-state index is 0.000183. The molecule has 9 heteroatoms. The number of carbonyl (C=O) groups is 1. The number of halogens is 4. The number of alkyl halides is 3. The molecule has 0 bridgehead atoms. The summed E-state index contributed by atoms with van der Waals surface area (Å²) in [5.41, 5.74) is 0.943. The summed E-state index contributed by atoms with van der Waals surface area (Å²) >= 11 is 5.90. The topological polar surface area (TPSA) is 56.2 Å². The van der Waals surface area contributed by atoms with Crippen molar-refractivity contribution in [1.82, 2.24) is 9.78 Å². The van der Waals surface area contributed by atoms with Crippen molar-refractivity contribution >= 4 is 23.3 Å².